The Morgan fingerprint density at radius 1 is 1.12 bits per heavy atom. The summed E-state index contributed by atoms with van der Waals surface area (Å²) in [7, 11) is 2.33. The number of benzene rings is 1. The fourth-order valence-electron chi connectivity index (χ4n) is 1.81. The Morgan fingerprint density at radius 2 is 1.65 bits per heavy atom. The molecule has 1 aromatic rings. The van der Waals surface area contributed by atoms with Crippen LogP contribution in [0.15, 0.2) is 43.0 Å². The first-order valence-corrected chi connectivity index (χ1v) is 7.47. The van der Waals surface area contributed by atoms with Gasteiger partial charge in [0.2, 0.25) is 0 Å². The van der Waals surface area contributed by atoms with Crippen LogP contribution in [-0.4, -0.2) is 30.1 Å². The minimum Gasteiger partial charge on any atom is -0.377 e. The zero-order chi connectivity index (χ0) is 12.7. The fraction of sp³-hybridized carbons (Fsp3) is 0.385. The molecule has 1 unspecified atom stereocenters. The molecule has 3 nitrogen and oxygen atoms in total. The summed E-state index contributed by atoms with van der Waals surface area (Å²) in [4.78, 5) is 0. The molecule has 0 saturated carbocycles. The van der Waals surface area contributed by atoms with E-state index in [-0.39, 0.29) is 5.92 Å². The van der Waals surface area contributed by atoms with Crippen molar-refractivity contribution < 1.29 is 13.3 Å². The zero-order valence-electron chi connectivity index (χ0n) is 10.7. The van der Waals surface area contributed by atoms with E-state index in [4.69, 9.17) is 13.3 Å². The molecule has 0 radical (unpaired) electrons. The van der Waals surface area contributed by atoms with Gasteiger partial charge in [0, 0.05) is 33.3 Å². The maximum atomic E-state index is 5.44. The topological polar surface area (TPSA) is 27.7 Å². The average molecular weight is 252 g/mol. The predicted molar refractivity (Wildman–Crippen MR) is 71.0 cm³/mol. The van der Waals surface area contributed by atoms with E-state index in [0.29, 0.717) is 6.04 Å². The Balaban J connectivity index is 2.86. The Bertz CT molecular complexity index is 328. The Hall–Kier alpha value is -0.943. The molecule has 0 spiro atoms. The highest BCUT2D eigenvalue weighted by atomic mass is 28.4. The molecule has 1 rings (SSSR count). The van der Waals surface area contributed by atoms with Gasteiger partial charge < -0.3 is 13.3 Å². The Labute approximate surface area is 104 Å². The van der Waals surface area contributed by atoms with Crippen LogP contribution in [0, 0.1) is 0 Å². The lowest BCUT2D eigenvalue weighted by Crippen LogP contribution is -2.43. The SMILES string of the molecule is C=CC(C[Si](OC)(OC)OC)c1ccccc1. The molecule has 0 aliphatic carbocycles. The van der Waals surface area contributed by atoms with E-state index < -0.39 is 8.80 Å². The van der Waals surface area contributed by atoms with E-state index in [1.807, 2.05) is 24.3 Å². The van der Waals surface area contributed by atoms with Crippen LogP contribution in [0.3, 0.4) is 0 Å². The quantitative estimate of drug-likeness (QED) is 0.551. The van der Waals surface area contributed by atoms with Crippen LogP contribution in [0.1, 0.15) is 11.5 Å². The fourth-order valence-corrected chi connectivity index (χ4v) is 3.75. The smallest absolute Gasteiger partial charge is 0.377 e. The average Bonchev–Trinajstić information content (AvgIpc) is 2.42. The molecule has 1 aromatic carbocycles. The van der Waals surface area contributed by atoms with Crippen molar-refractivity contribution in [3.63, 3.8) is 0 Å². The molecule has 0 aromatic heterocycles. The lowest BCUT2D eigenvalue weighted by atomic mass is 10.0. The van der Waals surface area contributed by atoms with Gasteiger partial charge in [-0.1, -0.05) is 36.4 Å². The summed E-state index contributed by atoms with van der Waals surface area (Å²) < 4.78 is 16.3. The Kier molecular flexibility index (Phi) is 5.57. The molecule has 0 bridgehead atoms. The van der Waals surface area contributed by atoms with Gasteiger partial charge in [-0.3, -0.25) is 0 Å². The van der Waals surface area contributed by atoms with E-state index in [1.165, 1.54) is 5.56 Å². The molecule has 0 fully saturated rings. The third-order valence-electron chi connectivity index (χ3n) is 2.92. The highest BCUT2D eigenvalue weighted by molar-refractivity contribution is 6.60. The first-order chi connectivity index (χ1) is 8.21. The molecular formula is C13H20O3Si. The van der Waals surface area contributed by atoms with E-state index in [1.54, 1.807) is 21.3 Å². The second-order valence-corrected chi connectivity index (χ2v) is 6.75. The van der Waals surface area contributed by atoms with Crippen LogP contribution < -0.4 is 0 Å². The van der Waals surface area contributed by atoms with Gasteiger partial charge >= 0.3 is 8.80 Å². The lowest BCUT2D eigenvalue weighted by molar-refractivity contribution is 0.122. The summed E-state index contributed by atoms with van der Waals surface area (Å²) >= 11 is 0. The number of rotatable bonds is 7. The maximum Gasteiger partial charge on any atom is 0.501 e. The molecule has 0 heterocycles. The molecule has 0 amide bonds. The van der Waals surface area contributed by atoms with Crippen molar-refractivity contribution in [1.29, 1.82) is 0 Å². The molecule has 4 heteroatoms. The third kappa shape index (κ3) is 3.51. The van der Waals surface area contributed by atoms with Crippen molar-refractivity contribution in [2.24, 2.45) is 0 Å². The van der Waals surface area contributed by atoms with Crippen LogP contribution in [0.5, 0.6) is 0 Å². The molecule has 17 heavy (non-hydrogen) atoms. The summed E-state index contributed by atoms with van der Waals surface area (Å²) in [6.45, 7) is 3.88. The number of hydrogen-bond acceptors (Lipinski definition) is 3. The van der Waals surface area contributed by atoms with Crippen LogP contribution in [0.2, 0.25) is 6.04 Å². The Morgan fingerprint density at radius 3 is 2.06 bits per heavy atom. The maximum absolute atomic E-state index is 5.44. The van der Waals surface area contributed by atoms with Crippen molar-refractivity contribution in [2.45, 2.75) is 12.0 Å². The molecule has 0 N–H and O–H groups in total. The molecule has 0 aliphatic heterocycles. The van der Waals surface area contributed by atoms with Gasteiger partial charge in [0.15, 0.2) is 0 Å². The van der Waals surface area contributed by atoms with Crippen molar-refractivity contribution in [3.8, 4) is 0 Å². The van der Waals surface area contributed by atoms with Gasteiger partial charge in [-0.05, 0) is 5.56 Å². The van der Waals surface area contributed by atoms with Crippen molar-refractivity contribution in [1.82, 2.24) is 0 Å². The summed E-state index contributed by atoms with van der Waals surface area (Å²) in [5.74, 6) is 0.183. The predicted octanol–water partition coefficient (Wildman–Crippen LogP) is 2.83. The third-order valence-corrected chi connectivity index (χ3v) is 5.72. The normalized spacial score (nSPS) is 13.4. The van der Waals surface area contributed by atoms with Crippen LogP contribution in [0.4, 0.5) is 0 Å². The molecule has 0 aliphatic rings. The highest BCUT2D eigenvalue weighted by Crippen LogP contribution is 2.28. The number of hydrogen-bond donors (Lipinski definition) is 0. The van der Waals surface area contributed by atoms with Crippen LogP contribution >= 0.6 is 0 Å². The second kappa shape index (κ2) is 6.71. The minimum absolute atomic E-state index is 0.183. The highest BCUT2D eigenvalue weighted by Gasteiger charge is 2.40. The summed E-state index contributed by atoms with van der Waals surface area (Å²) in [6.07, 6.45) is 1.91. The van der Waals surface area contributed by atoms with Gasteiger partial charge in [0.1, 0.15) is 0 Å². The first-order valence-electron chi connectivity index (χ1n) is 5.54. The van der Waals surface area contributed by atoms with Gasteiger partial charge in [-0.25, -0.2) is 0 Å². The van der Waals surface area contributed by atoms with Gasteiger partial charge in [-0.15, -0.1) is 6.58 Å². The largest absolute Gasteiger partial charge is 0.501 e. The summed E-state index contributed by atoms with van der Waals surface area (Å²) in [5.41, 5.74) is 1.20. The van der Waals surface area contributed by atoms with E-state index >= 15 is 0 Å². The monoisotopic (exact) mass is 252 g/mol. The van der Waals surface area contributed by atoms with Crippen LogP contribution in [0.25, 0.3) is 0 Å². The summed E-state index contributed by atoms with van der Waals surface area (Å²) in [6, 6.07) is 10.9. The van der Waals surface area contributed by atoms with Crippen molar-refractivity contribution in [3.05, 3.63) is 48.6 Å². The van der Waals surface area contributed by atoms with Crippen molar-refractivity contribution in [2.75, 3.05) is 21.3 Å². The van der Waals surface area contributed by atoms with Gasteiger partial charge in [0.05, 0.1) is 0 Å². The van der Waals surface area contributed by atoms with Gasteiger partial charge in [-0.2, -0.15) is 0 Å². The van der Waals surface area contributed by atoms with Crippen LogP contribution in [-0.2, 0) is 13.3 Å². The van der Waals surface area contributed by atoms with E-state index in [0.717, 1.165) is 0 Å². The van der Waals surface area contributed by atoms with E-state index in [2.05, 4.69) is 18.7 Å². The lowest BCUT2D eigenvalue weighted by Gasteiger charge is -2.27. The molecule has 1 atom stereocenters. The second-order valence-electron chi connectivity index (χ2n) is 3.75. The van der Waals surface area contributed by atoms with Crippen molar-refractivity contribution >= 4 is 8.80 Å². The molecule has 94 valence electrons. The standard InChI is InChI=1S/C13H20O3Si/c1-5-12(13-9-7-6-8-10-13)11-17(14-2,15-3)16-4/h5-10,12H,1,11H2,2-4H3. The number of allylic oxidation sites excluding steroid dienone is 1. The molecular weight excluding hydrogens is 232 g/mol. The molecule has 0 saturated heterocycles. The first kappa shape index (κ1) is 14.1. The summed E-state index contributed by atoms with van der Waals surface area (Å²) in [5, 5.41) is 0. The van der Waals surface area contributed by atoms with E-state index in [9.17, 15) is 0 Å². The zero-order valence-corrected chi connectivity index (χ0v) is 11.7. The van der Waals surface area contributed by atoms with Gasteiger partial charge in [0.25, 0.3) is 0 Å². The minimum atomic E-state index is -2.56.